The van der Waals surface area contributed by atoms with Crippen molar-refractivity contribution < 1.29 is 9.90 Å². The van der Waals surface area contributed by atoms with E-state index in [1.165, 1.54) is 5.56 Å². The lowest BCUT2D eigenvalue weighted by atomic mass is 10.1. The number of aliphatic hydroxyl groups is 1. The number of carbonyl (C=O) groups is 1. The van der Waals surface area contributed by atoms with Crippen molar-refractivity contribution in [1.82, 2.24) is 10.3 Å². The van der Waals surface area contributed by atoms with Crippen molar-refractivity contribution in [2.45, 2.75) is 25.9 Å². The summed E-state index contributed by atoms with van der Waals surface area (Å²) in [5.41, 5.74) is 3.69. The lowest BCUT2D eigenvalue weighted by Crippen LogP contribution is -2.23. The first kappa shape index (κ1) is 20.2. The molecule has 0 saturated carbocycles. The summed E-state index contributed by atoms with van der Waals surface area (Å²) in [5.74, 6) is -0.0605. The van der Waals surface area contributed by atoms with Gasteiger partial charge in [0.1, 0.15) is 0 Å². The highest BCUT2D eigenvalue weighted by molar-refractivity contribution is 7.09. The van der Waals surface area contributed by atoms with Crippen LogP contribution in [0.15, 0.2) is 60.0 Å². The molecule has 5 nitrogen and oxygen atoms in total. The first-order chi connectivity index (χ1) is 13.6. The number of amides is 1. The summed E-state index contributed by atoms with van der Waals surface area (Å²) in [6, 6.07) is 17.5. The fourth-order valence-corrected chi connectivity index (χ4v) is 3.49. The van der Waals surface area contributed by atoms with Crippen LogP contribution in [0.5, 0.6) is 0 Å². The first-order valence-corrected chi connectivity index (χ1v) is 10.2. The fourth-order valence-electron chi connectivity index (χ4n) is 2.88. The molecule has 2 aromatic carbocycles. The Morgan fingerprint density at radius 1 is 1.14 bits per heavy atom. The molecule has 0 saturated heterocycles. The van der Waals surface area contributed by atoms with Crippen molar-refractivity contribution in [3.8, 4) is 0 Å². The Bertz CT molecular complexity index is 878. The van der Waals surface area contributed by atoms with Gasteiger partial charge in [-0.15, -0.1) is 11.3 Å². The summed E-state index contributed by atoms with van der Waals surface area (Å²) >= 11 is 1.55. The third-order valence-corrected chi connectivity index (χ3v) is 5.18. The number of aliphatic hydroxyl groups excluding tert-OH is 1. The number of hydrogen-bond acceptors (Lipinski definition) is 5. The molecule has 0 aliphatic heterocycles. The summed E-state index contributed by atoms with van der Waals surface area (Å²) < 4.78 is 0. The molecule has 3 N–H and O–H groups in total. The van der Waals surface area contributed by atoms with E-state index in [0.29, 0.717) is 13.0 Å². The molecular formula is C22H25N3O2S. The van der Waals surface area contributed by atoms with Crippen LogP contribution in [0.3, 0.4) is 0 Å². The quantitative estimate of drug-likeness (QED) is 0.485. The Labute approximate surface area is 169 Å². The molecule has 0 radical (unpaired) electrons. The molecule has 1 aromatic heterocycles. The van der Waals surface area contributed by atoms with Crippen molar-refractivity contribution in [1.29, 1.82) is 0 Å². The number of aromatic nitrogens is 1. The van der Waals surface area contributed by atoms with Crippen molar-refractivity contribution in [2.75, 3.05) is 18.4 Å². The topological polar surface area (TPSA) is 74.2 Å². The third kappa shape index (κ3) is 6.27. The highest BCUT2D eigenvalue weighted by atomic mass is 32.1. The van der Waals surface area contributed by atoms with Gasteiger partial charge >= 0.3 is 0 Å². The highest BCUT2D eigenvalue weighted by Crippen LogP contribution is 2.13. The van der Waals surface area contributed by atoms with Gasteiger partial charge in [-0.3, -0.25) is 4.79 Å². The van der Waals surface area contributed by atoms with Gasteiger partial charge in [-0.1, -0.05) is 42.5 Å². The molecule has 6 heteroatoms. The van der Waals surface area contributed by atoms with Crippen LogP contribution < -0.4 is 10.6 Å². The average Bonchev–Trinajstić information content (AvgIpc) is 3.11. The number of benzene rings is 2. The van der Waals surface area contributed by atoms with E-state index in [2.05, 4.69) is 15.6 Å². The van der Waals surface area contributed by atoms with E-state index in [1.807, 2.05) is 66.9 Å². The molecule has 0 aliphatic rings. The number of anilines is 1. The molecule has 1 atom stereocenters. The standard InChI is InChI=1S/C22H25N3O2S/c1-16-24-20(15-28-16)13-22(27)25-19-9-7-17(8-10-19)11-12-23-14-21(26)18-5-3-2-4-6-18/h2-10,15,21,23,26H,11-14H2,1H3,(H,25,27)/t21-/m0/s1. The lowest BCUT2D eigenvalue weighted by Gasteiger charge is -2.12. The van der Waals surface area contributed by atoms with E-state index >= 15 is 0 Å². The number of aryl methyl sites for hydroxylation is 1. The maximum absolute atomic E-state index is 12.1. The summed E-state index contributed by atoms with van der Waals surface area (Å²) in [5, 5.41) is 19.2. The zero-order chi connectivity index (χ0) is 19.8. The molecule has 3 aromatic rings. The summed E-state index contributed by atoms with van der Waals surface area (Å²) in [6.07, 6.45) is 0.647. The van der Waals surface area contributed by atoms with Gasteiger partial charge in [-0.25, -0.2) is 4.98 Å². The van der Waals surface area contributed by atoms with Crippen molar-refractivity contribution in [3.05, 3.63) is 81.8 Å². The van der Waals surface area contributed by atoms with E-state index < -0.39 is 6.10 Å². The third-order valence-electron chi connectivity index (χ3n) is 4.36. The monoisotopic (exact) mass is 395 g/mol. The molecule has 28 heavy (non-hydrogen) atoms. The van der Waals surface area contributed by atoms with Crippen LogP contribution in [0.4, 0.5) is 5.69 Å². The van der Waals surface area contributed by atoms with E-state index in [4.69, 9.17) is 0 Å². The van der Waals surface area contributed by atoms with Crippen LogP contribution in [0, 0.1) is 6.92 Å². The largest absolute Gasteiger partial charge is 0.387 e. The van der Waals surface area contributed by atoms with Gasteiger partial charge in [0.2, 0.25) is 5.91 Å². The summed E-state index contributed by atoms with van der Waals surface area (Å²) in [7, 11) is 0. The normalized spacial score (nSPS) is 11.9. The van der Waals surface area contributed by atoms with Crippen LogP contribution in [-0.2, 0) is 17.6 Å². The molecule has 1 heterocycles. The Morgan fingerprint density at radius 3 is 2.57 bits per heavy atom. The Balaban J connectivity index is 1.38. The molecule has 146 valence electrons. The molecule has 0 fully saturated rings. The van der Waals surface area contributed by atoms with Crippen LogP contribution in [0.2, 0.25) is 0 Å². The minimum atomic E-state index is -0.500. The second kappa shape index (κ2) is 10.1. The predicted molar refractivity (Wildman–Crippen MR) is 114 cm³/mol. The van der Waals surface area contributed by atoms with Gasteiger partial charge in [0, 0.05) is 17.6 Å². The number of thiazole rings is 1. The number of nitrogens with one attached hydrogen (secondary N) is 2. The number of rotatable bonds is 9. The number of carbonyl (C=O) groups excluding carboxylic acids is 1. The van der Waals surface area contributed by atoms with Crippen molar-refractivity contribution in [2.24, 2.45) is 0 Å². The Kier molecular flexibility index (Phi) is 7.31. The molecule has 3 rings (SSSR count). The van der Waals surface area contributed by atoms with E-state index in [-0.39, 0.29) is 5.91 Å². The second-order valence-corrected chi connectivity index (χ2v) is 7.72. The average molecular weight is 396 g/mol. The molecule has 1 amide bonds. The number of nitrogens with zero attached hydrogens (tertiary/aromatic N) is 1. The SMILES string of the molecule is Cc1nc(CC(=O)Nc2ccc(CCNC[C@H](O)c3ccccc3)cc2)cs1. The number of hydrogen-bond donors (Lipinski definition) is 3. The zero-order valence-electron chi connectivity index (χ0n) is 15.9. The van der Waals surface area contributed by atoms with Crippen LogP contribution in [0.25, 0.3) is 0 Å². The molecule has 0 spiro atoms. The summed E-state index contributed by atoms with van der Waals surface area (Å²) in [6.45, 7) is 3.23. The van der Waals surface area contributed by atoms with Crippen LogP contribution in [-0.4, -0.2) is 29.1 Å². The van der Waals surface area contributed by atoms with E-state index in [0.717, 1.165) is 34.9 Å². The molecular weight excluding hydrogens is 370 g/mol. The fraction of sp³-hybridized carbons (Fsp3) is 0.273. The van der Waals surface area contributed by atoms with Gasteiger partial charge in [0.25, 0.3) is 0 Å². The van der Waals surface area contributed by atoms with Gasteiger partial charge < -0.3 is 15.7 Å². The second-order valence-electron chi connectivity index (χ2n) is 6.66. The van der Waals surface area contributed by atoms with Crippen LogP contribution >= 0.6 is 11.3 Å². The molecule has 0 unspecified atom stereocenters. The maximum atomic E-state index is 12.1. The minimum Gasteiger partial charge on any atom is -0.387 e. The van der Waals surface area contributed by atoms with E-state index in [1.54, 1.807) is 11.3 Å². The van der Waals surface area contributed by atoms with Crippen molar-refractivity contribution >= 4 is 22.9 Å². The Morgan fingerprint density at radius 2 is 1.89 bits per heavy atom. The molecule has 0 aliphatic carbocycles. The summed E-state index contributed by atoms with van der Waals surface area (Å²) in [4.78, 5) is 16.4. The predicted octanol–water partition coefficient (Wildman–Crippen LogP) is 3.50. The highest BCUT2D eigenvalue weighted by Gasteiger charge is 2.08. The van der Waals surface area contributed by atoms with Crippen molar-refractivity contribution in [3.63, 3.8) is 0 Å². The minimum absolute atomic E-state index is 0.0605. The Hall–Kier alpha value is -2.54. The zero-order valence-corrected chi connectivity index (χ0v) is 16.7. The van der Waals surface area contributed by atoms with Gasteiger partial charge in [0.15, 0.2) is 0 Å². The maximum Gasteiger partial charge on any atom is 0.230 e. The first-order valence-electron chi connectivity index (χ1n) is 9.33. The lowest BCUT2D eigenvalue weighted by molar-refractivity contribution is -0.115. The van der Waals surface area contributed by atoms with Gasteiger partial charge in [-0.05, 0) is 43.1 Å². The van der Waals surface area contributed by atoms with Gasteiger partial charge in [0.05, 0.1) is 23.2 Å². The van der Waals surface area contributed by atoms with Crippen LogP contribution in [0.1, 0.15) is 27.9 Å². The van der Waals surface area contributed by atoms with E-state index in [9.17, 15) is 9.90 Å². The van der Waals surface area contributed by atoms with Gasteiger partial charge in [-0.2, -0.15) is 0 Å². The molecule has 0 bridgehead atoms. The smallest absolute Gasteiger partial charge is 0.230 e.